The average molecular weight is 342 g/mol. The molecule has 4 rings (SSSR count). The number of amides is 1. The van der Waals surface area contributed by atoms with Crippen LogP contribution in [0.2, 0.25) is 0 Å². The first-order chi connectivity index (χ1) is 11.8. The molecule has 4 atom stereocenters. The van der Waals surface area contributed by atoms with Crippen LogP contribution in [0.5, 0.6) is 0 Å². The second kappa shape index (κ2) is 5.82. The van der Waals surface area contributed by atoms with Gasteiger partial charge in [-0.25, -0.2) is 0 Å². The molecule has 1 unspecified atom stereocenters. The van der Waals surface area contributed by atoms with Crippen LogP contribution in [0.1, 0.15) is 61.5 Å². The number of fused-ring (bicyclic) bond motifs is 4. The molecule has 25 heavy (non-hydrogen) atoms. The highest BCUT2D eigenvalue weighted by molar-refractivity contribution is 5.93. The zero-order chi connectivity index (χ0) is 17.8. The van der Waals surface area contributed by atoms with Crippen molar-refractivity contribution in [1.82, 2.24) is 4.90 Å². The molecule has 2 heterocycles. The van der Waals surface area contributed by atoms with Gasteiger partial charge in [0, 0.05) is 24.8 Å². The van der Waals surface area contributed by atoms with E-state index in [2.05, 4.69) is 37.8 Å². The molecule has 2 bridgehead atoms. The SMILES string of the molecule is C[C@H]1[C@H]2Cc3ccc(C(N)=O)cc3[C@]1(C)CCN2CC1(C)CCCO1. The minimum absolute atomic E-state index is 0.0174. The predicted octanol–water partition coefficient (Wildman–Crippen LogP) is 2.88. The molecule has 1 amide bonds. The Balaban J connectivity index is 1.65. The highest BCUT2D eigenvalue weighted by atomic mass is 16.5. The van der Waals surface area contributed by atoms with Crippen molar-refractivity contribution in [2.24, 2.45) is 11.7 Å². The van der Waals surface area contributed by atoms with Crippen molar-refractivity contribution >= 4 is 5.91 Å². The Morgan fingerprint density at radius 2 is 2.16 bits per heavy atom. The second-order valence-electron chi connectivity index (χ2n) is 8.84. The number of nitrogens with two attached hydrogens (primary N) is 1. The lowest BCUT2D eigenvalue weighted by Crippen LogP contribution is -2.60. The van der Waals surface area contributed by atoms with Crippen molar-refractivity contribution in [3.8, 4) is 0 Å². The van der Waals surface area contributed by atoms with Crippen LogP contribution in [0.3, 0.4) is 0 Å². The smallest absolute Gasteiger partial charge is 0.248 e. The maximum Gasteiger partial charge on any atom is 0.248 e. The molecule has 4 heteroatoms. The third-order valence-electron chi connectivity index (χ3n) is 7.25. The third kappa shape index (κ3) is 2.70. The van der Waals surface area contributed by atoms with Crippen molar-refractivity contribution < 1.29 is 9.53 Å². The Bertz CT molecular complexity index is 695. The van der Waals surface area contributed by atoms with Gasteiger partial charge >= 0.3 is 0 Å². The van der Waals surface area contributed by atoms with Crippen LogP contribution >= 0.6 is 0 Å². The van der Waals surface area contributed by atoms with Gasteiger partial charge in [-0.05, 0) is 73.7 Å². The standard InChI is InChI=1S/C21H30N2O2/c1-14-18-12-15-5-6-16(19(22)24)11-17(15)21(14,3)8-9-23(18)13-20(2)7-4-10-25-20/h5-6,11,14,18H,4,7-10,12-13H2,1-3H3,(H2,22,24)/t14-,18+,20?,21+/m0/s1. The second-order valence-corrected chi connectivity index (χ2v) is 8.84. The number of ether oxygens (including phenoxy) is 1. The zero-order valence-corrected chi connectivity index (χ0v) is 15.7. The zero-order valence-electron chi connectivity index (χ0n) is 15.7. The van der Waals surface area contributed by atoms with Gasteiger partial charge in [0.05, 0.1) is 5.60 Å². The minimum atomic E-state index is -0.329. The Morgan fingerprint density at radius 3 is 2.84 bits per heavy atom. The van der Waals surface area contributed by atoms with Crippen LogP contribution in [-0.4, -0.2) is 42.1 Å². The molecular formula is C21H30N2O2. The fraction of sp³-hybridized carbons (Fsp3) is 0.667. The predicted molar refractivity (Wildman–Crippen MR) is 98.7 cm³/mol. The molecule has 136 valence electrons. The molecule has 0 radical (unpaired) electrons. The first-order valence-electron chi connectivity index (χ1n) is 9.64. The number of rotatable bonds is 3. The van der Waals surface area contributed by atoms with Crippen molar-refractivity contribution in [1.29, 1.82) is 0 Å². The van der Waals surface area contributed by atoms with E-state index in [4.69, 9.17) is 10.5 Å². The van der Waals surface area contributed by atoms with Crippen molar-refractivity contribution in [3.05, 3.63) is 34.9 Å². The Kier molecular flexibility index (Phi) is 3.97. The van der Waals surface area contributed by atoms with Crippen molar-refractivity contribution in [2.45, 2.75) is 63.5 Å². The van der Waals surface area contributed by atoms with Gasteiger partial charge in [0.25, 0.3) is 0 Å². The summed E-state index contributed by atoms with van der Waals surface area (Å²) in [5.74, 6) is 0.229. The monoisotopic (exact) mass is 342 g/mol. The molecule has 0 spiro atoms. The molecule has 1 aromatic carbocycles. The van der Waals surface area contributed by atoms with E-state index in [0.29, 0.717) is 17.5 Å². The summed E-state index contributed by atoms with van der Waals surface area (Å²) in [7, 11) is 0. The van der Waals surface area contributed by atoms with E-state index in [1.807, 2.05) is 6.07 Å². The van der Waals surface area contributed by atoms with E-state index in [1.54, 1.807) is 0 Å². The van der Waals surface area contributed by atoms with E-state index in [0.717, 1.165) is 32.5 Å². The highest BCUT2D eigenvalue weighted by Gasteiger charge is 2.49. The topological polar surface area (TPSA) is 55.6 Å². The number of likely N-dealkylation sites (tertiary alicyclic amines) is 1. The van der Waals surface area contributed by atoms with E-state index < -0.39 is 0 Å². The maximum atomic E-state index is 11.6. The number of carbonyl (C=O) groups is 1. The van der Waals surface area contributed by atoms with E-state index >= 15 is 0 Å². The van der Waals surface area contributed by atoms with Crippen LogP contribution in [0.15, 0.2) is 18.2 Å². The van der Waals surface area contributed by atoms with Crippen LogP contribution in [0, 0.1) is 5.92 Å². The van der Waals surface area contributed by atoms with Crippen LogP contribution in [0.25, 0.3) is 0 Å². The lowest BCUT2D eigenvalue weighted by molar-refractivity contribution is -0.0508. The lowest BCUT2D eigenvalue weighted by atomic mass is 9.58. The van der Waals surface area contributed by atoms with Gasteiger partial charge in [0.2, 0.25) is 5.91 Å². The number of hydrogen-bond acceptors (Lipinski definition) is 3. The van der Waals surface area contributed by atoms with E-state index in [9.17, 15) is 4.79 Å². The Labute approximate surface area is 150 Å². The fourth-order valence-electron chi connectivity index (χ4n) is 5.45. The third-order valence-corrected chi connectivity index (χ3v) is 7.25. The molecule has 2 aliphatic heterocycles. The number of piperidine rings is 1. The summed E-state index contributed by atoms with van der Waals surface area (Å²) in [5, 5.41) is 0. The lowest BCUT2D eigenvalue weighted by Gasteiger charge is -2.55. The quantitative estimate of drug-likeness (QED) is 0.919. The summed E-state index contributed by atoms with van der Waals surface area (Å²) in [6.45, 7) is 10.1. The minimum Gasteiger partial charge on any atom is -0.374 e. The average Bonchev–Trinajstić information content (AvgIpc) is 3.00. The van der Waals surface area contributed by atoms with Gasteiger partial charge in [-0.15, -0.1) is 0 Å². The largest absolute Gasteiger partial charge is 0.374 e. The number of carbonyl (C=O) groups excluding carboxylic acids is 1. The molecular weight excluding hydrogens is 312 g/mol. The van der Waals surface area contributed by atoms with Crippen LogP contribution in [-0.2, 0) is 16.6 Å². The molecule has 2 saturated heterocycles. The Hall–Kier alpha value is -1.39. The van der Waals surface area contributed by atoms with Gasteiger partial charge in [-0.2, -0.15) is 0 Å². The normalized spacial score (nSPS) is 37.7. The number of primary amides is 1. The summed E-state index contributed by atoms with van der Waals surface area (Å²) in [6, 6.07) is 6.62. The first-order valence-corrected chi connectivity index (χ1v) is 9.64. The molecule has 2 fully saturated rings. The highest BCUT2D eigenvalue weighted by Crippen LogP contribution is 2.49. The molecule has 0 saturated carbocycles. The first kappa shape index (κ1) is 17.0. The van der Waals surface area contributed by atoms with E-state index in [1.165, 1.54) is 24.0 Å². The van der Waals surface area contributed by atoms with Gasteiger partial charge in [0.15, 0.2) is 0 Å². The van der Waals surface area contributed by atoms with Gasteiger partial charge in [0.1, 0.15) is 0 Å². The Morgan fingerprint density at radius 1 is 1.36 bits per heavy atom. The summed E-state index contributed by atoms with van der Waals surface area (Å²) >= 11 is 0. The van der Waals surface area contributed by atoms with Gasteiger partial charge in [-0.1, -0.05) is 19.9 Å². The van der Waals surface area contributed by atoms with Crippen LogP contribution < -0.4 is 5.73 Å². The fourth-order valence-corrected chi connectivity index (χ4v) is 5.45. The molecule has 4 nitrogen and oxygen atoms in total. The van der Waals surface area contributed by atoms with E-state index in [-0.39, 0.29) is 16.9 Å². The number of nitrogens with zero attached hydrogens (tertiary/aromatic N) is 1. The van der Waals surface area contributed by atoms with Crippen LogP contribution in [0.4, 0.5) is 0 Å². The molecule has 1 aliphatic carbocycles. The number of hydrogen-bond donors (Lipinski definition) is 1. The van der Waals surface area contributed by atoms with Gasteiger partial charge < -0.3 is 10.5 Å². The summed E-state index contributed by atoms with van der Waals surface area (Å²) in [4.78, 5) is 14.3. The van der Waals surface area contributed by atoms with Gasteiger partial charge in [-0.3, -0.25) is 9.69 Å². The van der Waals surface area contributed by atoms with Crippen molar-refractivity contribution in [2.75, 3.05) is 19.7 Å². The maximum absolute atomic E-state index is 11.6. The van der Waals surface area contributed by atoms with Crippen molar-refractivity contribution in [3.63, 3.8) is 0 Å². The number of benzene rings is 1. The summed E-state index contributed by atoms with van der Waals surface area (Å²) < 4.78 is 6.06. The molecule has 3 aliphatic rings. The molecule has 0 aromatic heterocycles. The summed E-state index contributed by atoms with van der Waals surface area (Å²) in [5.41, 5.74) is 9.03. The molecule has 1 aromatic rings. The molecule has 2 N–H and O–H groups in total. The summed E-state index contributed by atoms with van der Waals surface area (Å²) in [6.07, 6.45) is 4.53.